The molecule has 1 spiro atoms. The lowest BCUT2D eigenvalue weighted by molar-refractivity contribution is 0.0823. The first-order valence-corrected chi connectivity index (χ1v) is 7.63. The lowest BCUT2D eigenvalue weighted by Gasteiger charge is -2.38. The van der Waals surface area contributed by atoms with E-state index in [1.165, 1.54) is 16.7 Å². The summed E-state index contributed by atoms with van der Waals surface area (Å²) in [7, 11) is 0. The predicted molar refractivity (Wildman–Crippen MR) is 93.6 cm³/mol. The van der Waals surface area contributed by atoms with Crippen LogP contribution in [-0.2, 0) is 0 Å². The summed E-state index contributed by atoms with van der Waals surface area (Å²) in [6, 6.07) is 17.0. The molecule has 1 fully saturated rings. The third-order valence-electron chi connectivity index (χ3n) is 4.45. The Morgan fingerprint density at radius 3 is 2.45 bits per heavy atom. The van der Waals surface area contributed by atoms with Gasteiger partial charge in [-0.2, -0.15) is 0 Å². The molecule has 2 heterocycles. The van der Waals surface area contributed by atoms with Gasteiger partial charge in [0.2, 0.25) is 0 Å². The maximum absolute atomic E-state index is 6.32. The number of ether oxygens (including phenoxy) is 1. The Morgan fingerprint density at radius 1 is 0.909 bits per heavy atom. The van der Waals surface area contributed by atoms with Gasteiger partial charge in [-0.25, -0.2) is 0 Å². The fourth-order valence-corrected chi connectivity index (χ4v) is 3.20. The summed E-state index contributed by atoms with van der Waals surface area (Å²) in [5, 5.41) is 3.40. The number of hydrogen-bond donors (Lipinski definition) is 1. The van der Waals surface area contributed by atoms with Crippen LogP contribution in [0, 0.1) is 0 Å². The van der Waals surface area contributed by atoms with Crippen molar-refractivity contribution < 1.29 is 4.74 Å². The van der Waals surface area contributed by atoms with Crippen LogP contribution in [0.15, 0.2) is 54.6 Å². The maximum atomic E-state index is 6.32. The molecule has 0 atom stereocenters. The van der Waals surface area contributed by atoms with E-state index in [9.17, 15) is 0 Å². The molecule has 0 radical (unpaired) electrons. The fraction of sp³-hybridized carbons (Fsp3) is 0.263. The van der Waals surface area contributed by atoms with Crippen molar-refractivity contribution >= 4 is 18.5 Å². The Kier molecular flexibility index (Phi) is 4.23. The van der Waals surface area contributed by atoms with Crippen LogP contribution in [0.1, 0.15) is 18.4 Å². The van der Waals surface area contributed by atoms with E-state index in [2.05, 4.69) is 59.9 Å². The molecule has 0 aromatic heterocycles. The molecule has 0 amide bonds. The summed E-state index contributed by atoms with van der Waals surface area (Å²) in [6.07, 6.45) is 6.58. The van der Waals surface area contributed by atoms with E-state index in [1.54, 1.807) is 0 Å². The van der Waals surface area contributed by atoms with Gasteiger partial charge in [0.15, 0.2) is 0 Å². The highest BCUT2D eigenvalue weighted by atomic mass is 35.5. The van der Waals surface area contributed by atoms with Gasteiger partial charge in [-0.1, -0.05) is 42.5 Å². The van der Waals surface area contributed by atoms with Gasteiger partial charge in [-0.15, -0.1) is 12.4 Å². The van der Waals surface area contributed by atoms with Crippen molar-refractivity contribution in [2.75, 3.05) is 13.1 Å². The van der Waals surface area contributed by atoms with Crippen molar-refractivity contribution in [2.45, 2.75) is 18.4 Å². The number of halogens is 1. The summed E-state index contributed by atoms with van der Waals surface area (Å²) >= 11 is 0. The minimum absolute atomic E-state index is 0. The molecule has 0 bridgehead atoms. The SMILES string of the molecule is C1=CC2(CCNCC2)Oc2ccc(-c3ccccc3)cc21.Cl. The zero-order valence-electron chi connectivity index (χ0n) is 12.4. The molecule has 2 nitrogen and oxygen atoms in total. The number of hydrogen-bond acceptors (Lipinski definition) is 2. The lowest BCUT2D eigenvalue weighted by atomic mass is 9.88. The Balaban J connectivity index is 0.00000144. The van der Waals surface area contributed by atoms with Crippen molar-refractivity contribution in [3.63, 3.8) is 0 Å². The van der Waals surface area contributed by atoms with Crippen LogP contribution < -0.4 is 10.1 Å². The Bertz CT molecular complexity index is 675. The molecular formula is C19H20ClNO. The van der Waals surface area contributed by atoms with E-state index in [0.29, 0.717) is 0 Å². The van der Waals surface area contributed by atoms with Crippen LogP contribution in [0.5, 0.6) is 5.75 Å². The first kappa shape index (κ1) is 15.1. The quantitative estimate of drug-likeness (QED) is 0.847. The van der Waals surface area contributed by atoms with Crippen LogP contribution in [0.4, 0.5) is 0 Å². The van der Waals surface area contributed by atoms with Gasteiger partial charge >= 0.3 is 0 Å². The smallest absolute Gasteiger partial charge is 0.130 e. The Morgan fingerprint density at radius 2 is 1.68 bits per heavy atom. The molecule has 4 rings (SSSR count). The van der Waals surface area contributed by atoms with E-state index in [4.69, 9.17) is 4.74 Å². The average Bonchev–Trinajstić information content (AvgIpc) is 2.56. The van der Waals surface area contributed by atoms with E-state index < -0.39 is 0 Å². The fourth-order valence-electron chi connectivity index (χ4n) is 3.20. The maximum Gasteiger partial charge on any atom is 0.130 e. The van der Waals surface area contributed by atoms with E-state index in [1.807, 2.05) is 6.07 Å². The predicted octanol–water partition coefficient (Wildman–Crippen LogP) is 4.30. The van der Waals surface area contributed by atoms with Crippen LogP contribution in [0.25, 0.3) is 17.2 Å². The number of rotatable bonds is 1. The first-order valence-electron chi connectivity index (χ1n) is 7.63. The Labute approximate surface area is 137 Å². The van der Waals surface area contributed by atoms with Gasteiger partial charge in [0, 0.05) is 18.4 Å². The minimum Gasteiger partial charge on any atom is -0.482 e. The van der Waals surface area contributed by atoms with Crippen molar-refractivity contribution in [1.29, 1.82) is 0 Å². The van der Waals surface area contributed by atoms with E-state index >= 15 is 0 Å². The molecule has 2 aromatic rings. The molecule has 22 heavy (non-hydrogen) atoms. The van der Waals surface area contributed by atoms with Crippen LogP contribution in [0.3, 0.4) is 0 Å². The number of fused-ring (bicyclic) bond motifs is 1. The molecule has 2 aliphatic heterocycles. The molecule has 1 saturated heterocycles. The molecule has 0 saturated carbocycles. The molecular weight excluding hydrogens is 294 g/mol. The topological polar surface area (TPSA) is 21.3 Å². The van der Waals surface area contributed by atoms with Crippen molar-refractivity contribution in [3.05, 3.63) is 60.2 Å². The van der Waals surface area contributed by atoms with Gasteiger partial charge in [-0.3, -0.25) is 0 Å². The number of benzene rings is 2. The first-order chi connectivity index (χ1) is 10.3. The van der Waals surface area contributed by atoms with E-state index in [-0.39, 0.29) is 18.0 Å². The summed E-state index contributed by atoms with van der Waals surface area (Å²) in [4.78, 5) is 0. The summed E-state index contributed by atoms with van der Waals surface area (Å²) < 4.78 is 6.32. The van der Waals surface area contributed by atoms with E-state index in [0.717, 1.165) is 31.7 Å². The largest absolute Gasteiger partial charge is 0.482 e. The molecule has 2 aromatic carbocycles. The van der Waals surface area contributed by atoms with Crippen molar-refractivity contribution in [3.8, 4) is 16.9 Å². The zero-order valence-corrected chi connectivity index (χ0v) is 13.2. The molecule has 1 N–H and O–H groups in total. The summed E-state index contributed by atoms with van der Waals surface area (Å²) in [5.41, 5.74) is 3.58. The molecule has 0 aliphatic carbocycles. The van der Waals surface area contributed by atoms with Crippen LogP contribution >= 0.6 is 12.4 Å². The second-order valence-electron chi connectivity index (χ2n) is 5.87. The monoisotopic (exact) mass is 313 g/mol. The molecule has 3 heteroatoms. The molecule has 0 unspecified atom stereocenters. The standard InChI is InChI=1S/C19H19NO.ClH/c1-2-4-15(5-3-1)16-6-7-18-17(14-16)8-9-19(21-18)10-12-20-13-11-19;/h1-9,14,20H,10-13H2;1H. The average molecular weight is 314 g/mol. The highest BCUT2D eigenvalue weighted by molar-refractivity contribution is 5.85. The zero-order chi connectivity index (χ0) is 14.1. The Hall–Kier alpha value is -1.77. The normalized spacial score (nSPS) is 18.2. The number of nitrogens with one attached hydrogen (secondary N) is 1. The second kappa shape index (κ2) is 6.15. The third kappa shape index (κ3) is 2.77. The van der Waals surface area contributed by atoms with Crippen molar-refractivity contribution in [1.82, 2.24) is 5.32 Å². The van der Waals surface area contributed by atoms with Crippen LogP contribution in [0.2, 0.25) is 0 Å². The van der Waals surface area contributed by atoms with Gasteiger partial charge in [0.25, 0.3) is 0 Å². The van der Waals surface area contributed by atoms with Crippen LogP contribution in [-0.4, -0.2) is 18.7 Å². The van der Waals surface area contributed by atoms with Gasteiger partial charge < -0.3 is 10.1 Å². The van der Waals surface area contributed by atoms with Gasteiger partial charge in [0.1, 0.15) is 11.4 Å². The molecule has 114 valence electrons. The highest BCUT2D eigenvalue weighted by Gasteiger charge is 2.34. The molecule has 2 aliphatic rings. The van der Waals surface area contributed by atoms with Crippen molar-refractivity contribution in [2.24, 2.45) is 0 Å². The number of piperidine rings is 1. The van der Waals surface area contributed by atoms with Gasteiger partial charge in [-0.05, 0) is 42.4 Å². The minimum atomic E-state index is -0.0908. The summed E-state index contributed by atoms with van der Waals surface area (Å²) in [6.45, 7) is 2.06. The second-order valence-corrected chi connectivity index (χ2v) is 5.87. The van der Waals surface area contributed by atoms with Gasteiger partial charge in [0.05, 0.1) is 0 Å². The summed E-state index contributed by atoms with van der Waals surface area (Å²) in [5.74, 6) is 1.01. The highest BCUT2D eigenvalue weighted by Crippen LogP contribution is 2.37. The third-order valence-corrected chi connectivity index (χ3v) is 4.45. The lowest BCUT2D eigenvalue weighted by Crippen LogP contribution is -2.45.